The van der Waals surface area contributed by atoms with E-state index in [9.17, 15) is 10.1 Å². The van der Waals surface area contributed by atoms with Gasteiger partial charge in [0.05, 0.1) is 17.3 Å². The molecule has 2 aliphatic rings. The van der Waals surface area contributed by atoms with E-state index < -0.39 is 0 Å². The molecule has 0 unspecified atom stereocenters. The summed E-state index contributed by atoms with van der Waals surface area (Å²) in [5, 5.41) is 10.4. The lowest BCUT2D eigenvalue weighted by atomic mass is 9.96. The van der Waals surface area contributed by atoms with Gasteiger partial charge in [-0.05, 0) is 81.2 Å². The van der Waals surface area contributed by atoms with E-state index in [-0.39, 0.29) is 12.1 Å². The van der Waals surface area contributed by atoms with Crippen molar-refractivity contribution in [3.8, 4) is 17.4 Å². The van der Waals surface area contributed by atoms with Crippen LogP contribution in [0, 0.1) is 11.3 Å². The number of fused-ring (bicyclic) bond motifs is 1. The molecule has 1 saturated carbocycles. The SMILES string of the molecule is N#Cc1c(/N=C/c2ccc(-c3cccc(C(=O)OC4CCCCC4)c3)o2)sc2c1CCCC2. The van der Waals surface area contributed by atoms with Crippen molar-refractivity contribution in [3.63, 3.8) is 0 Å². The lowest BCUT2D eigenvalue weighted by Gasteiger charge is -2.21. The van der Waals surface area contributed by atoms with Crippen LogP contribution in [0.4, 0.5) is 5.00 Å². The van der Waals surface area contributed by atoms with E-state index in [0.29, 0.717) is 22.6 Å². The number of hydrogen-bond acceptors (Lipinski definition) is 6. The summed E-state index contributed by atoms with van der Waals surface area (Å²) in [6.45, 7) is 0. The van der Waals surface area contributed by atoms with Crippen molar-refractivity contribution in [1.82, 2.24) is 0 Å². The van der Waals surface area contributed by atoms with Gasteiger partial charge < -0.3 is 9.15 Å². The molecule has 6 heteroatoms. The third-order valence-corrected chi connectivity index (χ3v) is 7.61. The molecule has 168 valence electrons. The molecule has 1 fully saturated rings. The molecular weight excluding hydrogens is 432 g/mol. The molecule has 5 rings (SSSR count). The molecule has 3 aromatic rings. The van der Waals surface area contributed by atoms with Gasteiger partial charge in [-0.1, -0.05) is 18.6 Å². The van der Waals surface area contributed by atoms with Crippen LogP contribution in [0.5, 0.6) is 0 Å². The van der Waals surface area contributed by atoms with Crippen LogP contribution in [-0.2, 0) is 17.6 Å². The first-order chi connectivity index (χ1) is 16.2. The Kier molecular flexibility index (Phi) is 6.41. The Labute approximate surface area is 197 Å². The summed E-state index contributed by atoms with van der Waals surface area (Å²) >= 11 is 1.61. The second-order valence-corrected chi connectivity index (χ2v) is 9.79. The maximum absolute atomic E-state index is 12.6. The van der Waals surface area contributed by atoms with Crippen molar-refractivity contribution >= 4 is 28.5 Å². The zero-order valence-electron chi connectivity index (χ0n) is 18.5. The highest BCUT2D eigenvalue weighted by atomic mass is 32.1. The first-order valence-corrected chi connectivity index (χ1v) is 12.5. The molecule has 0 amide bonds. The van der Waals surface area contributed by atoms with Crippen molar-refractivity contribution in [2.45, 2.75) is 63.9 Å². The molecule has 0 saturated heterocycles. The Bertz CT molecular complexity index is 1220. The van der Waals surface area contributed by atoms with Crippen molar-refractivity contribution in [3.05, 3.63) is 63.7 Å². The van der Waals surface area contributed by atoms with Gasteiger partial charge in [0.1, 0.15) is 28.7 Å². The first-order valence-electron chi connectivity index (χ1n) is 11.7. The molecule has 5 nitrogen and oxygen atoms in total. The first kappa shape index (κ1) is 21.7. The zero-order valence-corrected chi connectivity index (χ0v) is 19.3. The van der Waals surface area contributed by atoms with E-state index >= 15 is 0 Å². The van der Waals surface area contributed by atoms with Gasteiger partial charge in [0.25, 0.3) is 0 Å². The average Bonchev–Trinajstić information content (AvgIpc) is 3.47. The van der Waals surface area contributed by atoms with Crippen LogP contribution in [0.3, 0.4) is 0 Å². The molecular formula is C27H26N2O3S. The van der Waals surface area contributed by atoms with Crippen molar-refractivity contribution < 1.29 is 13.9 Å². The van der Waals surface area contributed by atoms with E-state index in [4.69, 9.17) is 9.15 Å². The standard InChI is InChI=1S/C27H26N2O3S/c28-16-23-22-11-4-5-12-25(22)33-26(23)29-17-21-13-14-24(31-21)18-7-6-8-19(15-18)27(30)32-20-9-2-1-3-10-20/h6-8,13-15,17,20H,1-5,9-12H2/b29-17+. The van der Waals surface area contributed by atoms with Crippen LogP contribution < -0.4 is 0 Å². The molecule has 0 radical (unpaired) electrons. The summed E-state index contributed by atoms with van der Waals surface area (Å²) in [6.07, 6.45) is 11.4. The summed E-state index contributed by atoms with van der Waals surface area (Å²) in [5.41, 5.74) is 3.24. The van der Waals surface area contributed by atoms with Gasteiger partial charge in [-0.25, -0.2) is 9.79 Å². The number of benzene rings is 1. The molecule has 0 bridgehead atoms. The zero-order chi connectivity index (χ0) is 22.6. The number of carbonyl (C=O) groups is 1. The number of esters is 1. The van der Waals surface area contributed by atoms with Gasteiger partial charge >= 0.3 is 5.97 Å². The third kappa shape index (κ3) is 4.79. The van der Waals surface area contributed by atoms with Gasteiger partial charge in [0, 0.05) is 10.4 Å². The van der Waals surface area contributed by atoms with E-state index in [2.05, 4.69) is 11.1 Å². The number of nitriles is 1. The van der Waals surface area contributed by atoms with Crippen LogP contribution in [0.25, 0.3) is 11.3 Å². The predicted octanol–water partition coefficient (Wildman–Crippen LogP) is 7.00. The Morgan fingerprint density at radius 3 is 2.82 bits per heavy atom. The third-order valence-electron chi connectivity index (χ3n) is 6.41. The number of aliphatic imine (C=N–C) groups is 1. The summed E-state index contributed by atoms with van der Waals surface area (Å²) in [6, 6.07) is 13.4. The van der Waals surface area contributed by atoms with Gasteiger partial charge in [-0.3, -0.25) is 0 Å². The minimum Gasteiger partial charge on any atom is -0.459 e. The molecule has 33 heavy (non-hydrogen) atoms. The summed E-state index contributed by atoms with van der Waals surface area (Å²) < 4.78 is 11.7. The molecule has 1 aromatic carbocycles. The number of furan rings is 1. The average molecular weight is 459 g/mol. The number of ether oxygens (including phenoxy) is 1. The monoisotopic (exact) mass is 458 g/mol. The number of nitrogens with zero attached hydrogens (tertiary/aromatic N) is 2. The minimum absolute atomic E-state index is 0.0301. The van der Waals surface area contributed by atoms with Crippen molar-refractivity contribution in [2.24, 2.45) is 4.99 Å². The van der Waals surface area contributed by atoms with Crippen molar-refractivity contribution in [2.75, 3.05) is 0 Å². The second-order valence-electron chi connectivity index (χ2n) is 8.71. The van der Waals surface area contributed by atoms with Gasteiger partial charge in [0.15, 0.2) is 0 Å². The Morgan fingerprint density at radius 2 is 1.97 bits per heavy atom. The molecule has 0 N–H and O–H groups in total. The summed E-state index contributed by atoms with van der Waals surface area (Å²) in [7, 11) is 0. The summed E-state index contributed by atoms with van der Waals surface area (Å²) in [4.78, 5) is 18.5. The molecule has 2 aliphatic carbocycles. The highest BCUT2D eigenvalue weighted by Crippen LogP contribution is 2.39. The fraction of sp³-hybridized carbons (Fsp3) is 0.370. The lowest BCUT2D eigenvalue weighted by Crippen LogP contribution is -2.20. The molecule has 0 atom stereocenters. The van der Waals surface area contributed by atoms with Crippen LogP contribution in [0.2, 0.25) is 0 Å². The number of hydrogen-bond donors (Lipinski definition) is 0. The van der Waals surface area contributed by atoms with E-state index in [1.165, 1.54) is 23.3 Å². The second kappa shape index (κ2) is 9.76. The fourth-order valence-corrected chi connectivity index (χ4v) is 5.84. The van der Waals surface area contributed by atoms with Gasteiger partial charge in [-0.15, -0.1) is 11.3 Å². The highest BCUT2D eigenvalue weighted by molar-refractivity contribution is 7.16. The largest absolute Gasteiger partial charge is 0.459 e. The normalized spacial score (nSPS) is 16.5. The topological polar surface area (TPSA) is 75.6 Å². The minimum atomic E-state index is -0.275. The highest BCUT2D eigenvalue weighted by Gasteiger charge is 2.21. The van der Waals surface area contributed by atoms with Crippen LogP contribution in [0.1, 0.15) is 77.1 Å². The molecule has 2 heterocycles. The summed E-state index contributed by atoms with van der Waals surface area (Å²) in [5.74, 6) is 0.994. The number of thiophene rings is 1. The smallest absolute Gasteiger partial charge is 0.338 e. The van der Waals surface area contributed by atoms with Gasteiger partial charge in [-0.2, -0.15) is 5.26 Å². The molecule has 0 aliphatic heterocycles. The maximum atomic E-state index is 12.6. The Hall–Kier alpha value is -3.17. The Balaban J connectivity index is 1.31. The number of carbonyl (C=O) groups excluding carboxylic acids is 1. The van der Waals surface area contributed by atoms with E-state index in [1.807, 2.05) is 30.3 Å². The van der Waals surface area contributed by atoms with Gasteiger partial charge in [0.2, 0.25) is 0 Å². The van der Waals surface area contributed by atoms with Crippen LogP contribution in [-0.4, -0.2) is 18.3 Å². The lowest BCUT2D eigenvalue weighted by molar-refractivity contribution is 0.0211. The van der Waals surface area contributed by atoms with E-state index in [0.717, 1.165) is 55.5 Å². The Morgan fingerprint density at radius 1 is 1.12 bits per heavy atom. The van der Waals surface area contributed by atoms with E-state index in [1.54, 1.807) is 23.6 Å². The maximum Gasteiger partial charge on any atom is 0.338 e. The quantitative estimate of drug-likeness (QED) is 0.305. The molecule has 0 spiro atoms. The fourth-order valence-electron chi connectivity index (χ4n) is 4.66. The number of aryl methyl sites for hydroxylation is 1. The van der Waals surface area contributed by atoms with Crippen LogP contribution in [0.15, 0.2) is 45.8 Å². The predicted molar refractivity (Wildman–Crippen MR) is 129 cm³/mol. The van der Waals surface area contributed by atoms with Crippen LogP contribution >= 0.6 is 11.3 Å². The van der Waals surface area contributed by atoms with Crippen molar-refractivity contribution in [1.29, 1.82) is 5.26 Å². The molecule has 2 aromatic heterocycles. The number of rotatable bonds is 5.